The summed E-state index contributed by atoms with van der Waals surface area (Å²) in [6, 6.07) is 8.65. The standard InChI is InChI=1S/C16H24N2/c1-2-3-11-17-14-15-9-5-6-10-16(15)18-12-7-4-8-13-18/h5-6,9-10,14H,2-4,7-8,11-13H2,1H3. The first-order valence-corrected chi connectivity index (χ1v) is 7.25. The first-order chi connectivity index (χ1) is 8.92. The topological polar surface area (TPSA) is 15.6 Å². The molecule has 0 bridgehead atoms. The van der Waals surface area contributed by atoms with Crippen molar-refractivity contribution in [3.05, 3.63) is 29.8 Å². The fraction of sp³-hybridized carbons (Fsp3) is 0.562. The van der Waals surface area contributed by atoms with Crippen molar-refractivity contribution in [1.29, 1.82) is 0 Å². The molecule has 18 heavy (non-hydrogen) atoms. The Hall–Kier alpha value is -1.31. The molecule has 98 valence electrons. The number of aliphatic imine (C=N–C) groups is 1. The smallest absolute Gasteiger partial charge is 0.0455 e. The third-order valence-corrected chi connectivity index (χ3v) is 3.50. The Morgan fingerprint density at radius 1 is 1.17 bits per heavy atom. The Labute approximate surface area is 111 Å². The van der Waals surface area contributed by atoms with E-state index in [-0.39, 0.29) is 0 Å². The SMILES string of the molecule is CCCCN=Cc1ccccc1N1CCCCC1. The van der Waals surface area contributed by atoms with Crippen molar-refractivity contribution in [2.45, 2.75) is 39.0 Å². The van der Waals surface area contributed by atoms with Crippen LogP contribution >= 0.6 is 0 Å². The van der Waals surface area contributed by atoms with Crippen LogP contribution in [0.4, 0.5) is 5.69 Å². The van der Waals surface area contributed by atoms with Crippen LogP contribution in [-0.4, -0.2) is 25.8 Å². The van der Waals surface area contributed by atoms with Crippen molar-refractivity contribution in [3.8, 4) is 0 Å². The second-order valence-corrected chi connectivity index (χ2v) is 5.00. The molecule has 2 heteroatoms. The summed E-state index contributed by atoms with van der Waals surface area (Å²) in [7, 11) is 0. The quantitative estimate of drug-likeness (QED) is 0.566. The van der Waals surface area contributed by atoms with Gasteiger partial charge in [-0.1, -0.05) is 31.5 Å². The highest BCUT2D eigenvalue weighted by molar-refractivity contribution is 5.88. The van der Waals surface area contributed by atoms with Crippen LogP contribution in [0.1, 0.15) is 44.6 Å². The van der Waals surface area contributed by atoms with Crippen molar-refractivity contribution < 1.29 is 0 Å². The Morgan fingerprint density at radius 3 is 2.72 bits per heavy atom. The maximum absolute atomic E-state index is 4.54. The van der Waals surface area contributed by atoms with Crippen LogP contribution in [0.3, 0.4) is 0 Å². The normalized spacial score (nSPS) is 16.4. The maximum Gasteiger partial charge on any atom is 0.0455 e. The molecule has 0 N–H and O–H groups in total. The maximum atomic E-state index is 4.54. The lowest BCUT2D eigenvalue weighted by atomic mass is 10.1. The highest BCUT2D eigenvalue weighted by Gasteiger charge is 2.12. The minimum absolute atomic E-state index is 0.949. The molecule has 0 aliphatic carbocycles. The van der Waals surface area contributed by atoms with Gasteiger partial charge in [0.1, 0.15) is 0 Å². The van der Waals surface area contributed by atoms with Gasteiger partial charge in [0, 0.05) is 37.1 Å². The third-order valence-electron chi connectivity index (χ3n) is 3.50. The molecule has 2 nitrogen and oxygen atoms in total. The van der Waals surface area contributed by atoms with E-state index < -0.39 is 0 Å². The number of unbranched alkanes of at least 4 members (excludes halogenated alkanes) is 1. The van der Waals surface area contributed by atoms with Gasteiger partial charge in [-0.15, -0.1) is 0 Å². The molecular formula is C16H24N2. The summed E-state index contributed by atoms with van der Waals surface area (Å²) in [6.07, 6.45) is 8.47. The van der Waals surface area contributed by atoms with Gasteiger partial charge in [-0.2, -0.15) is 0 Å². The number of benzene rings is 1. The number of hydrogen-bond donors (Lipinski definition) is 0. The summed E-state index contributed by atoms with van der Waals surface area (Å²) in [5, 5.41) is 0. The zero-order chi connectivity index (χ0) is 12.6. The summed E-state index contributed by atoms with van der Waals surface area (Å²) in [4.78, 5) is 7.04. The zero-order valence-corrected chi connectivity index (χ0v) is 11.4. The summed E-state index contributed by atoms with van der Waals surface area (Å²) in [5.74, 6) is 0. The molecule has 0 aromatic heterocycles. The molecule has 0 saturated carbocycles. The molecule has 2 rings (SSSR count). The van der Waals surface area contributed by atoms with E-state index in [0.717, 1.165) is 6.54 Å². The van der Waals surface area contributed by atoms with E-state index in [0.29, 0.717) is 0 Å². The molecule has 0 spiro atoms. The molecule has 0 amide bonds. The van der Waals surface area contributed by atoms with Crippen LogP contribution in [0, 0.1) is 0 Å². The van der Waals surface area contributed by atoms with Crippen LogP contribution in [0.15, 0.2) is 29.3 Å². The van der Waals surface area contributed by atoms with Crippen LogP contribution in [-0.2, 0) is 0 Å². The van der Waals surface area contributed by atoms with Crippen LogP contribution in [0.25, 0.3) is 0 Å². The lowest BCUT2D eigenvalue weighted by molar-refractivity contribution is 0.577. The van der Waals surface area contributed by atoms with Gasteiger partial charge < -0.3 is 4.90 Å². The average molecular weight is 244 g/mol. The van der Waals surface area contributed by atoms with E-state index in [2.05, 4.69) is 47.3 Å². The lowest BCUT2D eigenvalue weighted by Gasteiger charge is -2.30. The van der Waals surface area contributed by atoms with Gasteiger partial charge in [0.25, 0.3) is 0 Å². The number of piperidine rings is 1. The van der Waals surface area contributed by atoms with Gasteiger partial charge in [-0.25, -0.2) is 0 Å². The van der Waals surface area contributed by atoms with Gasteiger partial charge in [-0.3, -0.25) is 4.99 Å². The van der Waals surface area contributed by atoms with E-state index in [1.54, 1.807) is 0 Å². The van der Waals surface area contributed by atoms with E-state index in [4.69, 9.17) is 0 Å². The van der Waals surface area contributed by atoms with E-state index in [1.807, 2.05) is 0 Å². The first-order valence-electron chi connectivity index (χ1n) is 7.25. The molecule has 1 aliphatic heterocycles. The Bertz CT molecular complexity index is 378. The minimum Gasteiger partial charge on any atom is -0.371 e. The Kier molecular flexibility index (Phi) is 5.25. The average Bonchev–Trinajstić information content (AvgIpc) is 2.45. The molecule has 1 fully saturated rings. The van der Waals surface area contributed by atoms with Gasteiger partial charge in [0.2, 0.25) is 0 Å². The van der Waals surface area contributed by atoms with Crippen molar-refractivity contribution >= 4 is 11.9 Å². The second-order valence-electron chi connectivity index (χ2n) is 5.00. The fourth-order valence-electron chi connectivity index (χ4n) is 2.43. The first kappa shape index (κ1) is 13.1. The molecular weight excluding hydrogens is 220 g/mol. The molecule has 0 atom stereocenters. The molecule has 0 radical (unpaired) electrons. The largest absolute Gasteiger partial charge is 0.371 e. The highest BCUT2D eigenvalue weighted by Crippen LogP contribution is 2.22. The predicted molar refractivity (Wildman–Crippen MR) is 79.9 cm³/mol. The molecule has 1 aromatic rings. The molecule has 0 unspecified atom stereocenters. The van der Waals surface area contributed by atoms with Gasteiger partial charge >= 0.3 is 0 Å². The summed E-state index contributed by atoms with van der Waals surface area (Å²) in [5.41, 5.74) is 2.63. The Balaban J connectivity index is 2.06. The molecule has 1 saturated heterocycles. The summed E-state index contributed by atoms with van der Waals surface area (Å²) in [6.45, 7) is 5.54. The van der Waals surface area contributed by atoms with Crippen LogP contribution in [0.5, 0.6) is 0 Å². The number of rotatable bonds is 5. The molecule has 1 heterocycles. The van der Waals surface area contributed by atoms with Crippen LogP contribution < -0.4 is 4.90 Å². The third kappa shape index (κ3) is 3.59. The Morgan fingerprint density at radius 2 is 1.94 bits per heavy atom. The lowest BCUT2D eigenvalue weighted by Crippen LogP contribution is -2.30. The monoisotopic (exact) mass is 244 g/mol. The fourth-order valence-corrected chi connectivity index (χ4v) is 2.43. The van der Waals surface area contributed by atoms with Gasteiger partial charge in [0.05, 0.1) is 0 Å². The van der Waals surface area contributed by atoms with Crippen molar-refractivity contribution in [2.75, 3.05) is 24.5 Å². The molecule has 1 aromatic carbocycles. The van der Waals surface area contributed by atoms with Gasteiger partial charge in [-0.05, 0) is 31.7 Å². The summed E-state index contributed by atoms with van der Waals surface area (Å²) < 4.78 is 0. The van der Waals surface area contributed by atoms with E-state index >= 15 is 0 Å². The van der Waals surface area contributed by atoms with Gasteiger partial charge in [0.15, 0.2) is 0 Å². The number of nitrogens with zero attached hydrogens (tertiary/aromatic N) is 2. The minimum atomic E-state index is 0.949. The van der Waals surface area contributed by atoms with Crippen molar-refractivity contribution in [1.82, 2.24) is 0 Å². The number of anilines is 1. The number of hydrogen-bond acceptors (Lipinski definition) is 2. The van der Waals surface area contributed by atoms with Crippen molar-refractivity contribution in [2.24, 2.45) is 4.99 Å². The summed E-state index contributed by atoms with van der Waals surface area (Å²) >= 11 is 0. The number of para-hydroxylation sites is 1. The van der Waals surface area contributed by atoms with E-state index in [9.17, 15) is 0 Å². The molecule has 1 aliphatic rings. The zero-order valence-electron chi connectivity index (χ0n) is 11.4. The predicted octanol–water partition coefficient (Wildman–Crippen LogP) is 3.90. The second kappa shape index (κ2) is 7.20. The van der Waals surface area contributed by atoms with E-state index in [1.165, 1.54) is 56.4 Å². The highest BCUT2D eigenvalue weighted by atomic mass is 15.1. The van der Waals surface area contributed by atoms with Crippen molar-refractivity contribution in [3.63, 3.8) is 0 Å². The van der Waals surface area contributed by atoms with Crippen LogP contribution in [0.2, 0.25) is 0 Å².